The topological polar surface area (TPSA) is 70.1 Å². The smallest absolute Gasteiger partial charge is 0.237 e. The van der Waals surface area contributed by atoms with E-state index in [2.05, 4.69) is 58.8 Å². The number of aliphatic imine (C=N–C) groups is 1. The number of imidazole rings is 1. The zero-order chi connectivity index (χ0) is 17.8. The molecule has 2 aliphatic rings. The molecular formula is C19H20N6O. The van der Waals surface area contributed by atoms with E-state index in [4.69, 9.17) is 9.73 Å². The van der Waals surface area contributed by atoms with Gasteiger partial charge in [0.15, 0.2) is 0 Å². The van der Waals surface area contributed by atoms with E-state index < -0.39 is 0 Å². The Bertz CT molecular complexity index is 1030. The Kier molecular flexibility index (Phi) is 3.25. The first-order chi connectivity index (χ1) is 12.6. The highest BCUT2D eigenvalue weighted by molar-refractivity contribution is 5.94. The van der Waals surface area contributed by atoms with Crippen LogP contribution in [0.2, 0.25) is 0 Å². The standard InChI is InChI=1S/C19H20N6O/c1-11(2)14-9-26-19(22-14)18-17-7-13-8-21-23-25(13)16-6-12(3)4-5-15(16)24(17)10-20-18/h4-6,8,10-11,14H,7,9H2,1-3H3/t14-/m1/s1. The first-order valence-electron chi connectivity index (χ1n) is 8.90. The van der Waals surface area contributed by atoms with Crippen LogP contribution in [0.15, 0.2) is 35.7 Å². The monoisotopic (exact) mass is 348 g/mol. The Morgan fingerprint density at radius 3 is 2.92 bits per heavy atom. The lowest BCUT2D eigenvalue weighted by atomic mass is 10.1. The molecule has 4 heterocycles. The van der Waals surface area contributed by atoms with Crippen molar-refractivity contribution >= 4 is 5.90 Å². The van der Waals surface area contributed by atoms with Gasteiger partial charge in [-0.1, -0.05) is 25.1 Å². The lowest BCUT2D eigenvalue weighted by molar-refractivity contribution is 0.291. The van der Waals surface area contributed by atoms with Crippen molar-refractivity contribution in [2.24, 2.45) is 10.9 Å². The Labute approximate surface area is 151 Å². The molecule has 7 nitrogen and oxygen atoms in total. The fourth-order valence-corrected chi connectivity index (χ4v) is 3.55. The van der Waals surface area contributed by atoms with Gasteiger partial charge >= 0.3 is 0 Å². The van der Waals surface area contributed by atoms with E-state index in [0.29, 0.717) is 24.8 Å². The molecule has 7 heteroatoms. The van der Waals surface area contributed by atoms with E-state index >= 15 is 0 Å². The number of fused-ring (bicyclic) bond motifs is 5. The third-order valence-electron chi connectivity index (χ3n) is 5.10. The molecule has 0 bridgehead atoms. The van der Waals surface area contributed by atoms with Crippen molar-refractivity contribution in [3.63, 3.8) is 0 Å². The van der Waals surface area contributed by atoms with Gasteiger partial charge in [-0.15, -0.1) is 5.10 Å². The van der Waals surface area contributed by atoms with Crippen LogP contribution in [0.25, 0.3) is 11.4 Å². The molecule has 26 heavy (non-hydrogen) atoms. The molecule has 0 fully saturated rings. The van der Waals surface area contributed by atoms with Gasteiger partial charge in [0, 0.05) is 6.42 Å². The molecule has 132 valence electrons. The average Bonchev–Trinajstić information content (AvgIpc) is 3.33. The number of ether oxygens (including phenoxy) is 1. The van der Waals surface area contributed by atoms with Gasteiger partial charge in [-0.3, -0.25) is 4.57 Å². The number of hydrogen-bond donors (Lipinski definition) is 0. The highest BCUT2D eigenvalue weighted by atomic mass is 16.5. The van der Waals surface area contributed by atoms with Crippen molar-refractivity contribution in [3.05, 3.63) is 53.4 Å². The van der Waals surface area contributed by atoms with Gasteiger partial charge in [-0.2, -0.15) is 0 Å². The van der Waals surface area contributed by atoms with Gasteiger partial charge in [0.05, 0.1) is 35.0 Å². The third-order valence-corrected chi connectivity index (χ3v) is 5.10. The van der Waals surface area contributed by atoms with Crippen LogP contribution in [0.4, 0.5) is 0 Å². The second-order valence-electron chi connectivity index (χ2n) is 7.27. The normalized spacial score (nSPS) is 18.0. The van der Waals surface area contributed by atoms with E-state index in [1.165, 1.54) is 5.56 Å². The van der Waals surface area contributed by atoms with Crippen LogP contribution in [0.3, 0.4) is 0 Å². The molecule has 2 aliphatic heterocycles. The number of aromatic nitrogens is 5. The van der Waals surface area contributed by atoms with Gasteiger partial charge < -0.3 is 4.74 Å². The minimum absolute atomic E-state index is 0.190. The summed E-state index contributed by atoms with van der Waals surface area (Å²) in [6, 6.07) is 6.52. The molecule has 0 radical (unpaired) electrons. The fourth-order valence-electron chi connectivity index (χ4n) is 3.55. The number of nitrogens with zero attached hydrogens (tertiary/aromatic N) is 6. The van der Waals surface area contributed by atoms with Gasteiger partial charge in [0.1, 0.15) is 18.6 Å². The van der Waals surface area contributed by atoms with Crippen molar-refractivity contribution in [2.75, 3.05) is 6.61 Å². The minimum Gasteiger partial charge on any atom is -0.474 e. The van der Waals surface area contributed by atoms with Crippen LogP contribution in [0, 0.1) is 12.8 Å². The highest BCUT2D eigenvalue weighted by Crippen LogP contribution is 2.30. The Morgan fingerprint density at radius 2 is 2.12 bits per heavy atom. The van der Waals surface area contributed by atoms with Crippen molar-refractivity contribution < 1.29 is 4.74 Å². The van der Waals surface area contributed by atoms with E-state index in [-0.39, 0.29) is 6.04 Å². The summed E-state index contributed by atoms with van der Waals surface area (Å²) in [5, 5.41) is 8.41. The largest absolute Gasteiger partial charge is 0.474 e. The van der Waals surface area contributed by atoms with Crippen molar-refractivity contribution in [1.82, 2.24) is 24.5 Å². The summed E-state index contributed by atoms with van der Waals surface area (Å²) >= 11 is 0. The summed E-state index contributed by atoms with van der Waals surface area (Å²) < 4.78 is 9.92. The molecule has 0 aliphatic carbocycles. The van der Waals surface area contributed by atoms with E-state index in [9.17, 15) is 0 Å². The number of rotatable bonds is 2. The summed E-state index contributed by atoms with van der Waals surface area (Å²) in [5.41, 5.74) is 6.12. The zero-order valence-corrected chi connectivity index (χ0v) is 15.0. The molecule has 2 aromatic heterocycles. The van der Waals surface area contributed by atoms with Gasteiger partial charge in [0.2, 0.25) is 5.90 Å². The molecule has 3 aromatic rings. The summed E-state index contributed by atoms with van der Waals surface area (Å²) in [6.45, 7) is 7.03. The third kappa shape index (κ3) is 2.20. The SMILES string of the molecule is Cc1ccc2c(c1)-n1nncc1Cc1c(C3=N[C@@H](C(C)C)CO3)ncn1-2. The molecule has 0 spiro atoms. The molecule has 5 rings (SSSR count). The van der Waals surface area contributed by atoms with Crippen LogP contribution >= 0.6 is 0 Å². The highest BCUT2D eigenvalue weighted by Gasteiger charge is 2.30. The van der Waals surface area contributed by atoms with Crippen LogP contribution in [0.1, 0.15) is 36.5 Å². The van der Waals surface area contributed by atoms with Gasteiger partial charge in [0.25, 0.3) is 0 Å². The molecule has 0 N–H and O–H groups in total. The second-order valence-corrected chi connectivity index (χ2v) is 7.27. The predicted molar refractivity (Wildman–Crippen MR) is 97.1 cm³/mol. The Hall–Kier alpha value is -2.96. The second kappa shape index (κ2) is 5.52. The van der Waals surface area contributed by atoms with E-state index in [1.54, 1.807) is 0 Å². The Morgan fingerprint density at radius 1 is 1.23 bits per heavy atom. The maximum Gasteiger partial charge on any atom is 0.237 e. The summed E-state index contributed by atoms with van der Waals surface area (Å²) in [7, 11) is 0. The van der Waals surface area contributed by atoms with Gasteiger partial charge in [-0.05, 0) is 30.5 Å². The van der Waals surface area contributed by atoms with E-state index in [1.807, 2.05) is 17.2 Å². The lowest BCUT2D eigenvalue weighted by Gasteiger charge is -2.10. The lowest BCUT2D eigenvalue weighted by Crippen LogP contribution is -2.13. The number of hydrogen-bond acceptors (Lipinski definition) is 5. The molecule has 1 aromatic carbocycles. The molecule has 0 saturated carbocycles. The first kappa shape index (κ1) is 15.3. The maximum atomic E-state index is 5.89. The Balaban J connectivity index is 1.70. The number of aryl methyl sites for hydroxylation is 1. The van der Waals surface area contributed by atoms with Crippen molar-refractivity contribution in [2.45, 2.75) is 33.2 Å². The average molecular weight is 348 g/mol. The first-order valence-corrected chi connectivity index (χ1v) is 8.90. The van der Waals surface area contributed by atoms with Crippen LogP contribution in [-0.4, -0.2) is 43.1 Å². The molecule has 0 unspecified atom stereocenters. The minimum atomic E-state index is 0.190. The quantitative estimate of drug-likeness (QED) is 0.558. The molecular weight excluding hydrogens is 328 g/mol. The van der Waals surface area contributed by atoms with Gasteiger partial charge in [-0.25, -0.2) is 14.7 Å². The van der Waals surface area contributed by atoms with Crippen LogP contribution in [0.5, 0.6) is 0 Å². The molecule has 0 amide bonds. The van der Waals surface area contributed by atoms with Crippen LogP contribution < -0.4 is 0 Å². The van der Waals surface area contributed by atoms with Crippen LogP contribution in [-0.2, 0) is 11.2 Å². The summed E-state index contributed by atoms with van der Waals surface area (Å²) in [4.78, 5) is 9.41. The number of benzene rings is 1. The predicted octanol–water partition coefficient (Wildman–Crippen LogP) is 2.47. The fraction of sp³-hybridized carbons (Fsp3) is 0.368. The van der Waals surface area contributed by atoms with Crippen molar-refractivity contribution in [3.8, 4) is 11.4 Å². The summed E-state index contributed by atoms with van der Waals surface area (Å²) in [6.07, 6.45) is 4.34. The maximum absolute atomic E-state index is 5.89. The zero-order valence-electron chi connectivity index (χ0n) is 15.0. The molecule has 1 atom stereocenters. The van der Waals surface area contributed by atoms with E-state index in [0.717, 1.165) is 28.5 Å². The summed E-state index contributed by atoms with van der Waals surface area (Å²) in [5.74, 6) is 1.09. The molecule has 0 saturated heterocycles. The van der Waals surface area contributed by atoms with Crippen molar-refractivity contribution in [1.29, 1.82) is 0 Å².